The van der Waals surface area contributed by atoms with Gasteiger partial charge in [0.15, 0.2) is 5.01 Å². The van der Waals surface area contributed by atoms with Crippen LogP contribution in [0.4, 0.5) is 9.52 Å². The molecule has 0 radical (unpaired) electrons. The largest absolute Gasteiger partial charge is 0.353 e. The van der Waals surface area contributed by atoms with Crippen molar-refractivity contribution in [2.45, 2.75) is 25.9 Å². The number of pyridine rings is 1. The molecule has 0 saturated carbocycles. The molecule has 0 saturated heterocycles. The lowest BCUT2D eigenvalue weighted by Crippen LogP contribution is -2.28. The highest BCUT2D eigenvalue weighted by Crippen LogP contribution is 2.33. The maximum absolute atomic E-state index is 13.7. The Kier molecular flexibility index (Phi) is 4.81. The van der Waals surface area contributed by atoms with E-state index in [-0.39, 0.29) is 17.8 Å². The second-order valence-corrected chi connectivity index (χ2v) is 7.37. The third-order valence-electron chi connectivity index (χ3n) is 4.58. The van der Waals surface area contributed by atoms with Crippen molar-refractivity contribution >= 4 is 22.4 Å². The molecular formula is C19H18FN5OS. The summed E-state index contributed by atoms with van der Waals surface area (Å²) in [6.45, 7) is 2.54. The minimum atomic E-state index is -0.300. The van der Waals surface area contributed by atoms with Gasteiger partial charge in [-0.1, -0.05) is 23.5 Å². The third kappa shape index (κ3) is 3.80. The van der Waals surface area contributed by atoms with Crippen LogP contribution in [-0.4, -0.2) is 32.5 Å². The SMILES string of the molecule is CC(=O)N1CCC(Nc2nnc(-c3ccccn3)s2)c2ccc(F)cc2C1. The summed E-state index contributed by atoms with van der Waals surface area (Å²) in [7, 11) is 0. The topological polar surface area (TPSA) is 71.0 Å². The number of rotatable bonds is 3. The quantitative estimate of drug-likeness (QED) is 0.748. The summed E-state index contributed by atoms with van der Waals surface area (Å²) < 4.78 is 13.7. The number of nitrogens with zero attached hydrogens (tertiary/aromatic N) is 4. The first-order valence-corrected chi connectivity index (χ1v) is 9.47. The van der Waals surface area contributed by atoms with Gasteiger partial charge in [0.1, 0.15) is 11.5 Å². The Bertz CT molecular complexity index is 962. The molecule has 1 atom stereocenters. The number of carbonyl (C=O) groups excluding carboxylic acids is 1. The lowest BCUT2D eigenvalue weighted by atomic mass is 9.99. The average molecular weight is 383 g/mol. The number of carbonyl (C=O) groups is 1. The van der Waals surface area contributed by atoms with E-state index in [0.717, 1.165) is 21.8 Å². The Morgan fingerprint density at radius 3 is 2.96 bits per heavy atom. The molecule has 3 aromatic rings. The fourth-order valence-electron chi connectivity index (χ4n) is 3.22. The molecule has 1 N–H and O–H groups in total. The number of aromatic nitrogens is 3. The van der Waals surface area contributed by atoms with Crippen LogP contribution in [-0.2, 0) is 11.3 Å². The van der Waals surface area contributed by atoms with Crippen LogP contribution in [0.3, 0.4) is 0 Å². The second-order valence-electron chi connectivity index (χ2n) is 6.40. The van der Waals surface area contributed by atoms with Gasteiger partial charge in [-0.15, -0.1) is 10.2 Å². The van der Waals surface area contributed by atoms with E-state index in [9.17, 15) is 9.18 Å². The normalized spacial score (nSPS) is 16.5. The summed E-state index contributed by atoms with van der Waals surface area (Å²) in [4.78, 5) is 17.9. The smallest absolute Gasteiger partial charge is 0.219 e. The van der Waals surface area contributed by atoms with Crippen LogP contribution >= 0.6 is 11.3 Å². The van der Waals surface area contributed by atoms with E-state index >= 15 is 0 Å². The van der Waals surface area contributed by atoms with Crippen LogP contribution in [0.15, 0.2) is 42.6 Å². The van der Waals surface area contributed by atoms with E-state index in [4.69, 9.17) is 0 Å². The molecule has 6 nitrogen and oxygen atoms in total. The second kappa shape index (κ2) is 7.40. The molecule has 8 heteroatoms. The first kappa shape index (κ1) is 17.5. The zero-order valence-corrected chi connectivity index (χ0v) is 15.5. The van der Waals surface area contributed by atoms with Gasteiger partial charge in [0, 0.05) is 26.2 Å². The molecule has 1 aliphatic heterocycles. The van der Waals surface area contributed by atoms with Crippen molar-refractivity contribution in [3.8, 4) is 10.7 Å². The first-order valence-electron chi connectivity index (χ1n) is 8.65. The van der Waals surface area contributed by atoms with Crippen LogP contribution in [0.5, 0.6) is 0 Å². The van der Waals surface area contributed by atoms with Crippen LogP contribution in [0.25, 0.3) is 10.7 Å². The number of anilines is 1. The predicted molar refractivity (Wildman–Crippen MR) is 102 cm³/mol. The molecule has 138 valence electrons. The number of benzene rings is 1. The van der Waals surface area contributed by atoms with Gasteiger partial charge < -0.3 is 10.2 Å². The van der Waals surface area contributed by atoms with E-state index < -0.39 is 0 Å². The number of halogens is 1. The van der Waals surface area contributed by atoms with Gasteiger partial charge in [0.2, 0.25) is 11.0 Å². The van der Waals surface area contributed by atoms with E-state index in [1.165, 1.54) is 30.4 Å². The van der Waals surface area contributed by atoms with Crippen molar-refractivity contribution in [3.63, 3.8) is 0 Å². The van der Waals surface area contributed by atoms with Crippen LogP contribution in [0, 0.1) is 5.82 Å². The molecule has 1 amide bonds. The van der Waals surface area contributed by atoms with Crippen LogP contribution in [0.1, 0.15) is 30.5 Å². The Morgan fingerprint density at radius 1 is 1.30 bits per heavy atom. The maximum atomic E-state index is 13.7. The average Bonchev–Trinajstić information content (AvgIpc) is 3.05. The van der Waals surface area contributed by atoms with Crippen molar-refractivity contribution in [2.24, 2.45) is 0 Å². The molecule has 1 aliphatic rings. The zero-order valence-electron chi connectivity index (χ0n) is 14.7. The summed E-state index contributed by atoms with van der Waals surface area (Å²) in [5.41, 5.74) is 2.57. The summed E-state index contributed by atoms with van der Waals surface area (Å²) in [6.07, 6.45) is 2.42. The van der Waals surface area contributed by atoms with E-state index in [0.29, 0.717) is 24.6 Å². The Balaban J connectivity index is 1.61. The number of hydrogen-bond donors (Lipinski definition) is 1. The Morgan fingerprint density at radius 2 is 2.19 bits per heavy atom. The lowest BCUT2D eigenvalue weighted by molar-refractivity contribution is -0.129. The molecule has 1 aromatic carbocycles. The number of hydrogen-bond acceptors (Lipinski definition) is 6. The Hall–Kier alpha value is -2.87. The molecule has 4 rings (SSSR count). The van der Waals surface area contributed by atoms with Gasteiger partial charge in [0.25, 0.3) is 0 Å². The zero-order chi connectivity index (χ0) is 18.8. The molecule has 2 aromatic heterocycles. The number of amides is 1. The minimum Gasteiger partial charge on any atom is -0.353 e. The van der Waals surface area contributed by atoms with Crippen molar-refractivity contribution in [2.75, 3.05) is 11.9 Å². The van der Waals surface area contributed by atoms with E-state index in [1.807, 2.05) is 18.2 Å². The highest BCUT2D eigenvalue weighted by atomic mass is 32.1. The van der Waals surface area contributed by atoms with Crippen molar-refractivity contribution in [3.05, 3.63) is 59.5 Å². The monoisotopic (exact) mass is 383 g/mol. The lowest BCUT2D eigenvalue weighted by Gasteiger charge is -2.19. The van der Waals surface area contributed by atoms with Crippen molar-refractivity contribution < 1.29 is 9.18 Å². The van der Waals surface area contributed by atoms with Gasteiger partial charge in [-0.3, -0.25) is 9.78 Å². The molecule has 0 spiro atoms. The first-order chi connectivity index (χ1) is 13.1. The summed E-state index contributed by atoms with van der Waals surface area (Å²) in [5.74, 6) is -0.314. The number of nitrogens with one attached hydrogen (secondary N) is 1. The van der Waals surface area contributed by atoms with Gasteiger partial charge in [-0.25, -0.2) is 4.39 Å². The predicted octanol–water partition coefficient (Wildman–Crippen LogP) is 3.64. The summed E-state index contributed by atoms with van der Waals surface area (Å²) in [5, 5.41) is 13.2. The van der Waals surface area contributed by atoms with E-state index in [1.54, 1.807) is 17.2 Å². The van der Waals surface area contributed by atoms with E-state index in [2.05, 4.69) is 20.5 Å². The highest BCUT2D eigenvalue weighted by molar-refractivity contribution is 7.18. The van der Waals surface area contributed by atoms with Crippen LogP contribution < -0.4 is 5.32 Å². The van der Waals surface area contributed by atoms with Gasteiger partial charge in [0.05, 0.1) is 6.04 Å². The molecule has 0 bridgehead atoms. The molecule has 0 fully saturated rings. The highest BCUT2D eigenvalue weighted by Gasteiger charge is 2.25. The van der Waals surface area contributed by atoms with Crippen LogP contribution in [0.2, 0.25) is 0 Å². The maximum Gasteiger partial charge on any atom is 0.219 e. The molecule has 27 heavy (non-hydrogen) atoms. The summed E-state index contributed by atoms with van der Waals surface area (Å²) >= 11 is 1.42. The minimum absolute atomic E-state index is 0.0146. The standard InChI is InChI=1S/C19H18FN5OS/c1-12(26)25-9-7-16(15-6-5-14(20)10-13(15)11-25)22-19-24-23-18(27-19)17-4-2-3-8-21-17/h2-6,8,10,16H,7,9,11H2,1H3,(H,22,24). The van der Waals surface area contributed by atoms with Gasteiger partial charge >= 0.3 is 0 Å². The van der Waals surface area contributed by atoms with Crippen molar-refractivity contribution in [1.29, 1.82) is 0 Å². The van der Waals surface area contributed by atoms with Crippen molar-refractivity contribution in [1.82, 2.24) is 20.1 Å². The third-order valence-corrected chi connectivity index (χ3v) is 5.46. The Labute approximate surface area is 160 Å². The fraction of sp³-hybridized carbons (Fsp3) is 0.263. The van der Waals surface area contributed by atoms with Gasteiger partial charge in [-0.05, 0) is 41.8 Å². The molecular weight excluding hydrogens is 365 g/mol. The molecule has 0 aliphatic carbocycles. The van der Waals surface area contributed by atoms with Gasteiger partial charge in [-0.2, -0.15) is 0 Å². The fourth-order valence-corrected chi connectivity index (χ4v) is 3.99. The molecule has 1 unspecified atom stereocenters. The number of fused-ring (bicyclic) bond motifs is 1. The molecule has 3 heterocycles. The summed E-state index contributed by atoms with van der Waals surface area (Å²) in [6, 6.07) is 10.3.